The molecule has 2 aromatic rings. The van der Waals surface area contributed by atoms with Crippen LogP contribution in [0.15, 0.2) is 24.4 Å². The molecule has 0 aliphatic heterocycles. The highest BCUT2D eigenvalue weighted by Crippen LogP contribution is 2.19. The van der Waals surface area contributed by atoms with Gasteiger partial charge < -0.3 is 4.74 Å². The Morgan fingerprint density at radius 3 is 2.75 bits per heavy atom. The molecule has 104 valence electrons. The largest absolute Gasteiger partial charge is 0.460 e. The summed E-state index contributed by atoms with van der Waals surface area (Å²) in [6.07, 6.45) is 1.07. The Balaban J connectivity index is 2.24. The minimum atomic E-state index is -0.973. The second-order valence-corrected chi connectivity index (χ2v) is 4.25. The number of esters is 1. The minimum Gasteiger partial charge on any atom is -0.460 e. The Labute approximate surface area is 115 Å². The first-order chi connectivity index (χ1) is 9.54. The van der Waals surface area contributed by atoms with Crippen LogP contribution in [0.1, 0.15) is 23.7 Å². The molecule has 0 radical (unpaired) electrons. The van der Waals surface area contributed by atoms with Gasteiger partial charge in [-0.25, -0.2) is 4.79 Å². The third kappa shape index (κ3) is 2.59. The first-order valence-corrected chi connectivity index (χ1v) is 6.18. The van der Waals surface area contributed by atoms with Crippen molar-refractivity contribution in [1.29, 1.82) is 0 Å². The molecule has 6 nitrogen and oxygen atoms in total. The van der Waals surface area contributed by atoms with E-state index in [4.69, 9.17) is 0 Å². The summed E-state index contributed by atoms with van der Waals surface area (Å²) in [5.41, 5.74) is 1.17. The van der Waals surface area contributed by atoms with Gasteiger partial charge in [-0.1, -0.05) is 12.1 Å². The fourth-order valence-corrected chi connectivity index (χ4v) is 1.95. The van der Waals surface area contributed by atoms with Crippen LogP contribution in [0.4, 0.5) is 0 Å². The van der Waals surface area contributed by atoms with Gasteiger partial charge in [0, 0.05) is 18.0 Å². The lowest BCUT2D eigenvalue weighted by atomic mass is 10.0. The molecule has 0 aliphatic rings. The van der Waals surface area contributed by atoms with E-state index in [9.17, 15) is 14.4 Å². The second kappa shape index (κ2) is 5.64. The van der Waals surface area contributed by atoms with Gasteiger partial charge in [-0.15, -0.1) is 0 Å². The number of benzene rings is 1. The van der Waals surface area contributed by atoms with E-state index in [0.29, 0.717) is 10.9 Å². The molecular weight excluding hydrogens is 260 g/mol. The molecule has 0 spiro atoms. The van der Waals surface area contributed by atoms with Crippen LogP contribution in [-0.4, -0.2) is 33.9 Å². The van der Waals surface area contributed by atoms with Gasteiger partial charge in [-0.2, -0.15) is 5.10 Å². The topological polar surface area (TPSA) is 78.3 Å². The highest BCUT2D eigenvalue weighted by molar-refractivity contribution is 6.38. The highest BCUT2D eigenvalue weighted by Gasteiger charge is 2.21. The van der Waals surface area contributed by atoms with Crippen LogP contribution >= 0.6 is 0 Å². The zero-order chi connectivity index (χ0) is 14.7. The minimum absolute atomic E-state index is 0.108. The maximum atomic E-state index is 12.1. The Kier molecular flexibility index (Phi) is 3.93. The number of fused-ring (bicyclic) bond motifs is 1. The van der Waals surface area contributed by atoms with E-state index in [-0.39, 0.29) is 6.61 Å². The summed E-state index contributed by atoms with van der Waals surface area (Å²) in [4.78, 5) is 34.9. The normalized spacial score (nSPS) is 10.5. The molecule has 6 heteroatoms. The molecule has 0 saturated heterocycles. The van der Waals surface area contributed by atoms with E-state index in [0.717, 1.165) is 5.52 Å². The molecule has 0 atom stereocenters. The smallest absolute Gasteiger partial charge is 0.375 e. The number of carbonyl (C=O) groups is 3. The van der Waals surface area contributed by atoms with Gasteiger partial charge in [-0.3, -0.25) is 14.3 Å². The molecule has 0 unspecified atom stereocenters. The quantitative estimate of drug-likeness (QED) is 0.355. The summed E-state index contributed by atoms with van der Waals surface area (Å²) in [6, 6.07) is 5.16. The average Bonchev–Trinajstić information content (AvgIpc) is 2.80. The number of nitrogens with zero attached hydrogens (tertiary/aromatic N) is 2. The van der Waals surface area contributed by atoms with E-state index >= 15 is 0 Å². The third-order valence-corrected chi connectivity index (χ3v) is 2.92. The zero-order valence-corrected chi connectivity index (χ0v) is 11.3. The molecule has 0 saturated carbocycles. The molecule has 1 aromatic carbocycles. The number of hydrogen-bond donors (Lipinski definition) is 0. The number of rotatable bonds is 5. The van der Waals surface area contributed by atoms with Crippen LogP contribution < -0.4 is 0 Å². The van der Waals surface area contributed by atoms with E-state index in [1.807, 2.05) is 6.07 Å². The third-order valence-electron chi connectivity index (χ3n) is 2.92. The number of Topliss-reactive ketones (excluding diaryl/α,β-unsaturated/α-hetero) is 2. The first-order valence-electron chi connectivity index (χ1n) is 6.18. The van der Waals surface area contributed by atoms with E-state index in [1.54, 1.807) is 37.0 Å². The van der Waals surface area contributed by atoms with E-state index in [2.05, 4.69) is 9.84 Å². The van der Waals surface area contributed by atoms with Gasteiger partial charge in [0.25, 0.3) is 0 Å². The predicted molar refractivity (Wildman–Crippen MR) is 71.3 cm³/mol. The molecule has 0 amide bonds. The molecular formula is C14H14N2O4. The SMILES string of the molecule is CCOC(=O)C(=O)CC(=O)c1cccc2c1cnn2C. The van der Waals surface area contributed by atoms with Crippen molar-refractivity contribution in [3.63, 3.8) is 0 Å². The van der Waals surface area contributed by atoms with Crippen LogP contribution in [0.25, 0.3) is 10.9 Å². The molecule has 0 N–H and O–H groups in total. The van der Waals surface area contributed by atoms with Gasteiger partial charge in [-0.05, 0) is 13.0 Å². The number of aryl methyl sites for hydroxylation is 1. The van der Waals surface area contributed by atoms with Crippen molar-refractivity contribution in [2.45, 2.75) is 13.3 Å². The van der Waals surface area contributed by atoms with Crippen LogP contribution in [-0.2, 0) is 21.4 Å². The molecule has 1 heterocycles. The van der Waals surface area contributed by atoms with Crippen molar-refractivity contribution in [3.8, 4) is 0 Å². The lowest BCUT2D eigenvalue weighted by molar-refractivity contribution is -0.153. The summed E-state index contributed by atoms with van der Waals surface area (Å²) < 4.78 is 6.21. The van der Waals surface area contributed by atoms with Crippen LogP contribution in [0.5, 0.6) is 0 Å². The van der Waals surface area contributed by atoms with Crippen LogP contribution in [0.2, 0.25) is 0 Å². The van der Waals surface area contributed by atoms with Crippen molar-refractivity contribution in [2.24, 2.45) is 7.05 Å². The van der Waals surface area contributed by atoms with Crippen molar-refractivity contribution in [2.75, 3.05) is 6.61 Å². The summed E-state index contributed by atoms with van der Waals surface area (Å²) >= 11 is 0. The van der Waals surface area contributed by atoms with Crippen LogP contribution in [0.3, 0.4) is 0 Å². The van der Waals surface area contributed by atoms with Crippen molar-refractivity contribution in [3.05, 3.63) is 30.0 Å². The fourth-order valence-electron chi connectivity index (χ4n) is 1.95. The Morgan fingerprint density at radius 2 is 2.05 bits per heavy atom. The second-order valence-electron chi connectivity index (χ2n) is 4.25. The Morgan fingerprint density at radius 1 is 1.30 bits per heavy atom. The number of ether oxygens (including phenoxy) is 1. The molecule has 0 aliphatic carbocycles. The van der Waals surface area contributed by atoms with Gasteiger partial charge in [0.1, 0.15) is 0 Å². The van der Waals surface area contributed by atoms with Crippen molar-refractivity contribution < 1.29 is 19.1 Å². The summed E-state index contributed by atoms with van der Waals surface area (Å²) in [5, 5.41) is 4.73. The summed E-state index contributed by atoms with van der Waals surface area (Å²) in [5.74, 6) is -2.22. The van der Waals surface area contributed by atoms with Gasteiger partial charge in [0.2, 0.25) is 5.78 Å². The zero-order valence-electron chi connectivity index (χ0n) is 11.3. The molecule has 0 fully saturated rings. The highest BCUT2D eigenvalue weighted by atomic mass is 16.5. The number of hydrogen-bond acceptors (Lipinski definition) is 5. The number of carbonyl (C=O) groups excluding carboxylic acids is 3. The van der Waals surface area contributed by atoms with Crippen molar-refractivity contribution >= 4 is 28.4 Å². The lowest BCUT2D eigenvalue weighted by Crippen LogP contribution is -2.20. The monoisotopic (exact) mass is 274 g/mol. The van der Waals surface area contributed by atoms with Gasteiger partial charge >= 0.3 is 5.97 Å². The molecule has 0 bridgehead atoms. The van der Waals surface area contributed by atoms with Crippen LogP contribution in [0, 0.1) is 0 Å². The Hall–Kier alpha value is -2.50. The van der Waals surface area contributed by atoms with E-state index < -0.39 is 24.0 Å². The first kappa shape index (κ1) is 13.9. The van der Waals surface area contributed by atoms with Gasteiger partial charge in [0.05, 0.1) is 24.7 Å². The van der Waals surface area contributed by atoms with E-state index in [1.165, 1.54) is 0 Å². The standard InChI is InChI=1S/C14H14N2O4/c1-3-20-14(19)13(18)7-12(17)9-5-4-6-11-10(9)8-15-16(11)2/h4-6,8H,3,7H2,1-2H3. The lowest BCUT2D eigenvalue weighted by Gasteiger charge is -2.03. The molecule has 2 rings (SSSR count). The molecule has 1 aromatic heterocycles. The fraction of sp³-hybridized carbons (Fsp3) is 0.286. The summed E-state index contributed by atoms with van der Waals surface area (Å²) in [6.45, 7) is 1.71. The maximum absolute atomic E-state index is 12.1. The number of aromatic nitrogens is 2. The van der Waals surface area contributed by atoms with Crippen molar-refractivity contribution in [1.82, 2.24) is 9.78 Å². The molecule has 20 heavy (non-hydrogen) atoms. The Bertz CT molecular complexity index is 688. The maximum Gasteiger partial charge on any atom is 0.375 e. The average molecular weight is 274 g/mol. The predicted octanol–water partition coefficient (Wildman–Crippen LogP) is 1.28. The number of ketones is 2. The summed E-state index contributed by atoms with van der Waals surface area (Å²) in [7, 11) is 1.76. The van der Waals surface area contributed by atoms with Gasteiger partial charge in [0.15, 0.2) is 5.78 Å².